The van der Waals surface area contributed by atoms with E-state index in [0.29, 0.717) is 10.7 Å². The standard InChI is InChI=1S/C21H18Cl2N4O5/c1-12-16(8-5-9-17(12)27(30)31)24-18(28)11-32-21(29)19-13(2)25-26(20(19)23)10-14-6-3-4-7-15(14)22/h3-9H,10-11H2,1-2H3,(H,24,28). The first-order chi connectivity index (χ1) is 15.2. The predicted octanol–water partition coefficient (Wildman–Crippen LogP) is 4.56. The molecule has 1 amide bonds. The van der Waals surface area contributed by atoms with Crippen molar-refractivity contribution < 1.29 is 19.2 Å². The monoisotopic (exact) mass is 476 g/mol. The molecule has 0 aliphatic heterocycles. The number of ether oxygens (including phenoxy) is 1. The Morgan fingerprint density at radius 2 is 1.88 bits per heavy atom. The Balaban J connectivity index is 1.67. The van der Waals surface area contributed by atoms with Crippen LogP contribution >= 0.6 is 23.2 Å². The van der Waals surface area contributed by atoms with Gasteiger partial charge in [-0.15, -0.1) is 0 Å². The second-order valence-electron chi connectivity index (χ2n) is 6.83. The Hall–Kier alpha value is -3.43. The zero-order valence-corrected chi connectivity index (χ0v) is 18.6. The highest BCUT2D eigenvalue weighted by Gasteiger charge is 2.23. The van der Waals surface area contributed by atoms with E-state index in [2.05, 4.69) is 10.4 Å². The molecule has 3 rings (SSSR count). The molecule has 0 aliphatic carbocycles. The topological polar surface area (TPSA) is 116 Å². The SMILES string of the molecule is Cc1nn(Cc2ccccc2Cl)c(Cl)c1C(=O)OCC(=O)Nc1cccc([N+](=O)[O-])c1C. The lowest BCUT2D eigenvalue weighted by Crippen LogP contribution is -2.21. The van der Waals surface area contributed by atoms with Crippen molar-refractivity contribution in [1.29, 1.82) is 0 Å². The van der Waals surface area contributed by atoms with E-state index in [1.165, 1.54) is 29.8 Å². The largest absolute Gasteiger partial charge is 0.452 e. The number of nitrogens with one attached hydrogen (secondary N) is 1. The molecule has 0 aliphatic rings. The number of hydrogen-bond donors (Lipinski definition) is 1. The van der Waals surface area contributed by atoms with Gasteiger partial charge in [0.2, 0.25) is 0 Å². The van der Waals surface area contributed by atoms with Crippen molar-refractivity contribution in [3.63, 3.8) is 0 Å². The molecular weight excluding hydrogens is 459 g/mol. The average Bonchev–Trinajstić information content (AvgIpc) is 3.02. The Morgan fingerprint density at radius 3 is 2.56 bits per heavy atom. The number of nitro groups is 1. The molecule has 0 radical (unpaired) electrons. The predicted molar refractivity (Wildman–Crippen MR) is 119 cm³/mol. The van der Waals surface area contributed by atoms with Crippen molar-refractivity contribution >= 4 is 46.5 Å². The van der Waals surface area contributed by atoms with E-state index in [0.717, 1.165) is 5.56 Å². The van der Waals surface area contributed by atoms with Gasteiger partial charge >= 0.3 is 5.97 Å². The van der Waals surface area contributed by atoms with Gasteiger partial charge in [0.15, 0.2) is 6.61 Å². The van der Waals surface area contributed by atoms with Crippen LogP contribution in [0.5, 0.6) is 0 Å². The van der Waals surface area contributed by atoms with Crippen LogP contribution in [-0.2, 0) is 16.1 Å². The van der Waals surface area contributed by atoms with Crippen molar-refractivity contribution in [3.05, 3.63) is 85.1 Å². The highest BCUT2D eigenvalue weighted by Crippen LogP contribution is 2.26. The summed E-state index contributed by atoms with van der Waals surface area (Å²) >= 11 is 12.5. The maximum absolute atomic E-state index is 12.5. The lowest BCUT2D eigenvalue weighted by Gasteiger charge is -2.09. The van der Waals surface area contributed by atoms with Crippen molar-refractivity contribution in [2.45, 2.75) is 20.4 Å². The first-order valence-electron chi connectivity index (χ1n) is 9.36. The molecule has 1 heterocycles. The molecule has 0 fully saturated rings. The molecule has 0 atom stereocenters. The van der Waals surface area contributed by atoms with Gasteiger partial charge in [-0.25, -0.2) is 9.48 Å². The molecule has 9 nitrogen and oxygen atoms in total. The number of benzene rings is 2. The van der Waals surface area contributed by atoms with Gasteiger partial charge in [-0.1, -0.05) is 47.5 Å². The minimum Gasteiger partial charge on any atom is -0.452 e. The molecule has 1 aromatic heterocycles. The molecule has 0 spiro atoms. The van der Waals surface area contributed by atoms with E-state index in [9.17, 15) is 19.7 Å². The molecule has 2 aromatic carbocycles. The molecule has 32 heavy (non-hydrogen) atoms. The molecule has 0 saturated heterocycles. The van der Waals surface area contributed by atoms with Gasteiger partial charge in [0.05, 0.1) is 28.4 Å². The lowest BCUT2D eigenvalue weighted by molar-refractivity contribution is -0.385. The summed E-state index contributed by atoms with van der Waals surface area (Å²) in [6.45, 7) is 2.75. The van der Waals surface area contributed by atoms with Crippen LogP contribution in [0, 0.1) is 24.0 Å². The van der Waals surface area contributed by atoms with Crippen molar-refractivity contribution in [2.24, 2.45) is 0 Å². The summed E-state index contributed by atoms with van der Waals surface area (Å²) < 4.78 is 6.50. The average molecular weight is 477 g/mol. The molecule has 166 valence electrons. The number of halogens is 2. The van der Waals surface area contributed by atoms with Gasteiger partial charge < -0.3 is 10.1 Å². The zero-order chi connectivity index (χ0) is 23.4. The third-order valence-corrected chi connectivity index (χ3v) is 5.41. The van der Waals surface area contributed by atoms with E-state index in [4.69, 9.17) is 27.9 Å². The van der Waals surface area contributed by atoms with Crippen molar-refractivity contribution in [2.75, 3.05) is 11.9 Å². The van der Waals surface area contributed by atoms with Gasteiger partial charge in [-0.2, -0.15) is 5.10 Å². The number of aryl methyl sites for hydroxylation is 1. The number of carbonyl (C=O) groups is 2. The lowest BCUT2D eigenvalue weighted by atomic mass is 10.1. The van der Waals surface area contributed by atoms with E-state index in [1.54, 1.807) is 19.1 Å². The van der Waals surface area contributed by atoms with Crippen LogP contribution in [0.15, 0.2) is 42.5 Å². The number of amides is 1. The summed E-state index contributed by atoms with van der Waals surface area (Å²) in [5.41, 5.74) is 1.55. The first-order valence-corrected chi connectivity index (χ1v) is 10.1. The maximum Gasteiger partial charge on any atom is 0.343 e. The molecule has 3 aromatic rings. The molecule has 11 heteroatoms. The van der Waals surface area contributed by atoms with E-state index in [-0.39, 0.29) is 34.2 Å². The third-order valence-electron chi connectivity index (χ3n) is 4.66. The van der Waals surface area contributed by atoms with Crippen LogP contribution in [0.4, 0.5) is 11.4 Å². The Kier molecular flexibility index (Phi) is 7.12. The number of nitrogens with zero attached hydrogens (tertiary/aromatic N) is 3. The number of anilines is 1. The zero-order valence-electron chi connectivity index (χ0n) is 17.1. The van der Waals surface area contributed by atoms with Gasteiger partial charge in [0, 0.05) is 11.1 Å². The second-order valence-corrected chi connectivity index (χ2v) is 7.60. The summed E-state index contributed by atoms with van der Waals surface area (Å²) in [4.78, 5) is 35.2. The number of aromatic nitrogens is 2. The van der Waals surface area contributed by atoms with Gasteiger partial charge in [0.1, 0.15) is 10.7 Å². The Morgan fingerprint density at radius 1 is 1.16 bits per heavy atom. The molecule has 0 bridgehead atoms. The van der Waals surface area contributed by atoms with Crippen LogP contribution in [0.2, 0.25) is 10.2 Å². The first kappa shape index (κ1) is 23.2. The molecular formula is C21H18Cl2N4O5. The summed E-state index contributed by atoms with van der Waals surface area (Å²) in [5.74, 6) is -1.47. The van der Waals surface area contributed by atoms with Crippen molar-refractivity contribution in [1.82, 2.24) is 9.78 Å². The second kappa shape index (κ2) is 9.80. The van der Waals surface area contributed by atoms with Crippen LogP contribution in [0.3, 0.4) is 0 Å². The van der Waals surface area contributed by atoms with E-state index < -0.39 is 23.4 Å². The van der Waals surface area contributed by atoms with Gasteiger partial charge in [-0.3, -0.25) is 14.9 Å². The summed E-state index contributed by atoms with van der Waals surface area (Å²) in [6.07, 6.45) is 0. The highest BCUT2D eigenvalue weighted by atomic mass is 35.5. The molecule has 0 unspecified atom stereocenters. The van der Waals surface area contributed by atoms with Crippen LogP contribution in [0.1, 0.15) is 27.2 Å². The minimum absolute atomic E-state index is 0.0399. The van der Waals surface area contributed by atoms with Gasteiger partial charge in [0.25, 0.3) is 11.6 Å². The molecule has 1 N–H and O–H groups in total. The van der Waals surface area contributed by atoms with Crippen LogP contribution in [-0.4, -0.2) is 33.2 Å². The molecule has 0 saturated carbocycles. The minimum atomic E-state index is -0.816. The Bertz CT molecular complexity index is 1210. The summed E-state index contributed by atoms with van der Waals surface area (Å²) in [6, 6.07) is 11.5. The fourth-order valence-electron chi connectivity index (χ4n) is 3.02. The van der Waals surface area contributed by atoms with Crippen molar-refractivity contribution in [3.8, 4) is 0 Å². The van der Waals surface area contributed by atoms with Crippen LogP contribution < -0.4 is 5.32 Å². The number of esters is 1. The normalized spacial score (nSPS) is 10.6. The smallest absolute Gasteiger partial charge is 0.343 e. The summed E-state index contributed by atoms with van der Waals surface area (Å²) in [7, 11) is 0. The fourth-order valence-corrected chi connectivity index (χ4v) is 3.53. The maximum atomic E-state index is 12.5. The van der Waals surface area contributed by atoms with E-state index in [1.807, 2.05) is 12.1 Å². The highest BCUT2D eigenvalue weighted by molar-refractivity contribution is 6.33. The van der Waals surface area contributed by atoms with Crippen LogP contribution in [0.25, 0.3) is 0 Å². The number of nitro benzene ring substituents is 1. The summed E-state index contributed by atoms with van der Waals surface area (Å²) in [5, 5.41) is 18.4. The Labute approximate surface area is 193 Å². The third kappa shape index (κ3) is 5.06. The quantitative estimate of drug-likeness (QED) is 0.303. The number of hydrogen-bond acceptors (Lipinski definition) is 6. The number of rotatable bonds is 7. The number of carbonyl (C=O) groups excluding carboxylic acids is 2. The fraction of sp³-hybridized carbons (Fsp3) is 0.190. The van der Waals surface area contributed by atoms with Gasteiger partial charge in [-0.05, 0) is 31.5 Å². The van der Waals surface area contributed by atoms with E-state index >= 15 is 0 Å².